The molecular weight excluding hydrogens is 348 g/mol. The minimum absolute atomic E-state index is 0.117. The molecule has 7 heteroatoms. The number of hydrogen-bond donors (Lipinski definition) is 0. The molecule has 134 valence electrons. The lowest BCUT2D eigenvalue weighted by Gasteiger charge is -2.24. The zero-order valence-electron chi connectivity index (χ0n) is 14.3. The average Bonchev–Trinajstić information content (AvgIpc) is 3.26. The van der Waals surface area contributed by atoms with Crippen molar-refractivity contribution in [2.24, 2.45) is 0 Å². The summed E-state index contributed by atoms with van der Waals surface area (Å²) in [5.41, 5.74) is 2.85. The molecule has 2 saturated heterocycles. The first-order chi connectivity index (χ1) is 12.6. The largest absolute Gasteiger partial charge is 0.309 e. The maximum absolute atomic E-state index is 13.0. The maximum Gasteiger partial charge on any atom is 0.304 e. The van der Waals surface area contributed by atoms with Crippen molar-refractivity contribution in [3.05, 3.63) is 54.6 Å². The lowest BCUT2D eigenvalue weighted by Crippen LogP contribution is -2.41. The van der Waals surface area contributed by atoms with Crippen molar-refractivity contribution in [2.45, 2.75) is 12.5 Å². The summed E-state index contributed by atoms with van der Waals surface area (Å²) in [6.45, 7) is 2.01. The van der Waals surface area contributed by atoms with Gasteiger partial charge in [-0.1, -0.05) is 42.5 Å². The van der Waals surface area contributed by atoms with E-state index in [0.29, 0.717) is 38.3 Å². The van der Waals surface area contributed by atoms with E-state index in [1.54, 1.807) is 9.21 Å². The molecule has 0 N–H and O–H groups in total. The third kappa shape index (κ3) is 2.91. The number of likely N-dealkylation sites (tertiary alicyclic amines) is 1. The Balaban J connectivity index is 1.54. The monoisotopic (exact) mass is 368 g/mol. The molecule has 0 aliphatic carbocycles. The minimum atomic E-state index is -3.54. The second-order valence-electron chi connectivity index (χ2n) is 6.59. The highest BCUT2D eigenvalue weighted by Crippen LogP contribution is 2.31. The van der Waals surface area contributed by atoms with E-state index in [9.17, 15) is 8.42 Å². The quantitative estimate of drug-likeness (QED) is 0.780. The van der Waals surface area contributed by atoms with Crippen molar-refractivity contribution in [3.63, 3.8) is 0 Å². The van der Waals surface area contributed by atoms with Crippen molar-refractivity contribution >= 4 is 15.9 Å². The topological polar surface area (TPSA) is 67.7 Å². The number of nitrogens with zero attached hydrogens (tertiary/aromatic N) is 4. The highest BCUT2D eigenvalue weighted by molar-refractivity contribution is 7.90. The van der Waals surface area contributed by atoms with E-state index in [4.69, 9.17) is 5.26 Å². The van der Waals surface area contributed by atoms with Crippen LogP contribution in [0.15, 0.2) is 54.6 Å². The molecule has 2 aromatic rings. The second-order valence-corrected chi connectivity index (χ2v) is 8.40. The molecule has 0 amide bonds. The van der Waals surface area contributed by atoms with E-state index < -0.39 is 10.2 Å². The molecule has 0 saturated carbocycles. The third-order valence-corrected chi connectivity index (χ3v) is 7.10. The molecular formula is C19H20N4O2S. The molecule has 2 fully saturated rings. The fraction of sp³-hybridized carbons (Fsp3) is 0.316. The summed E-state index contributed by atoms with van der Waals surface area (Å²) in [5.74, 6) is 0. The van der Waals surface area contributed by atoms with Crippen LogP contribution in [-0.2, 0) is 10.2 Å². The number of nitriles is 1. The van der Waals surface area contributed by atoms with Crippen LogP contribution in [0.3, 0.4) is 0 Å². The number of rotatable bonds is 3. The number of hydrogen-bond acceptors (Lipinski definition) is 4. The van der Waals surface area contributed by atoms with Gasteiger partial charge in [-0.05, 0) is 29.7 Å². The van der Waals surface area contributed by atoms with E-state index in [1.165, 1.54) is 4.31 Å². The zero-order chi connectivity index (χ0) is 18.1. The first kappa shape index (κ1) is 16.9. The Hall–Kier alpha value is -2.56. The molecule has 4 rings (SSSR count). The van der Waals surface area contributed by atoms with Crippen molar-refractivity contribution in [1.82, 2.24) is 9.21 Å². The Morgan fingerprint density at radius 1 is 0.923 bits per heavy atom. The van der Waals surface area contributed by atoms with Gasteiger partial charge >= 0.3 is 10.2 Å². The van der Waals surface area contributed by atoms with Gasteiger partial charge in [-0.3, -0.25) is 4.31 Å². The van der Waals surface area contributed by atoms with Crippen molar-refractivity contribution < 1.29 is 8.42 Å². The first-order valence-corrected chi connectivity index (χ1v) is 10.1. The molecule has 2 heterocycles. The summed E-state index contributed by atoms with van der Waals surface area (Å²) in [6.07, 6.45) is 2.81. The smallest absolute Gasteiger partial charge is 0.304 e. The molecule has 2 aliphatic rings. The van der Waals surface area contributed by atoms with Crippen LogP contribution >= 0.6 is 0 Å². The summed E-state index contributed by atoms with van der Waals surface area (Å²) in [6, 6.07) is 17.5. The molecule has 6 nitrogen and oxygen atoms in total. The van der Waals surface area contributed by atoms with Gasteiger partial charge in [-0.25, -0.2) is 0 Å². The predicted octanol–water partition coefficient (Wildman–Crippen LogP) is 2.28. The van der Waals surface area contributed by atoms with Gasteiger partial charge in [-0.2, -0.15) is 18.0 Å². The third-order valence-electron chi connectivity index (χ3n) is 5.07. The lowest BCUT2D eigenvalue weighted by molar-refractivity contribution is 0.345. The highest BCUT2D eigenvalue weighted by atomic mass is 32.2. The number of benzene rings is 2. The standard InChI is InChI=1S/C19H20N4O2S/c20-15-21-11-10-19(14-21)23-13-12-22(26(23,24)25)18-8-6-17(7-9-18)16-4-2-1-3-5-16/h1-9,19H,10-14H2/t19-/m0/s1. The molecule has 0 spiro atoms. The molecule has 2 aliphatic heterocycles. The van der Waals surface area contributed by atoms with Crippen LogP contribution < -0.4 is 4.31 Å². The SMILES string of the molecule is N#CN1CC[C@H](N2CCN(c3ccc(-c4ccccc4)cc3)S2(=O)=O)C1. The molecule has 0 radical (unpaired) electrons. The van der Waals surface area contributed by atoms with Gasteiger partial charge < -0.3 is 4.90 Å². The molecule has 2 aromatic carbocycles. The van der Waals surface area contributed by atoms with E-state index in [1.807, 2.05) is 54.6 Å². The lowest BCUT2D eigenvalue weighted by atomic mass is 10.1. The van der Waals surface area contributed by atoms with Gasteiger partial charge in [0.25, 0.3) is 0 Å². The Labute approximate surface area is 154 Å². The van der Waals surface area contributed by atoms with Gasteiger partial charge in [0.15, 0.2) is 6.19 Å². The Bertz CT molecular complexity index is 922. The van der Waals surface area contributed by atoms with Crippen LogP contribution in [0.25, 0.3) is 11.1 Å². The van der Waals surface area contributed by atoms with E-state index in [0.717, 1.165) is 11.1 Å². The van der Waals surface area contributed by atoms with E-state index in [-0.39, 0.29) is 6.04 Å². The average molecular weight is 368 g/mol. The normalized spacial score (nSPS) is 22.5. The second kappa shape index (κ2) is 6.63. The van der Waals surface area contributed by atoms with Gasteiger partial charge in [0.2, 0.25) is 0 Å². The van der Waals surface area contributed by atoms with Gasteiger partial charge in [0.1, 0.15) is 0 Å². The summed E-state index contributed by atoms with van der Waals surface area (Å²) in [5, 5.41) is 9.00. The van der Waals surface area contributed by atoms with Crippen molar-refractivity contribution in [1.29, 1.82) is 5.26 Å². The summed E-state index contributed by atoms with van der Waals surface area (Å²) in [4.78, 5) is 1.62. The van der Waals surface area contributed by atoms with E-state index in [2.05, 4.69) is 6.19 Å². The fourth-order valence-electron chi connectivity index (χ4n) is 3.70. The van der Waals surface area contributed by atoms with Crippen molar-refractivity contribution in [2.75, 3.05) is 30.5 Å². The molecule has 0 aromatic heterocycles. The minimum Gasteiger partial charge on any atom is -0.309 e. The maximum atomic E-state index is 13.0. The van der Waals surface area contributed by atoms with Gasteiger partial charge in [0.05, 0.1) is 5.69 Å². The van der Waals surface area contributed by atoms with Gasteiger partial charge in [0, 0.05) is 32.2 Å². The van der Waals surface area contributed by atoms with Crippen LogP contribution in [0.2, 0.25) is 0 Å². The van der Waals surface area contributed by atoms with Crippen LogP contribution in [0, 0.1) is 11.5 Å². The fourth-order valence-corrected chi connectivity index (χ4v) is 5.51. The van der Waals surface area contributed by atoms with Crippen LogP contribution in [0.5, 0.6) is 0 Å². The highest BCUT2D eigenvalue weighted by Gasteiger charge is 2.43. The van der Waals surface area contributed by atoms with Crippen LogP contribution in [0.1, 0.15) is 6.42 Å². The Kier molecular flexibility index (Phi) is 4.31. The molecule has 26 heavy (non-hydrogen) atoms. The summed E-state index contributed by atoms with van der Waals surface area (Å²) < 4.78 is 29.0. The molecule has 0 unspecified atom stereocenters. The van der Waals surface area contributed by atoms with Crippen LogP contribution in [-0.4, -0.2) is 49.8 Å². The predicted molar refractivity (Wildman–Crippen MR) is 100 cm³/mol. The van der Waals surface area contributed by atoms with E-state index >= 15 is 0 Å². The Morgan fingerprint density at radius 2 is 1.62 bits per heavy atom. The van der Waals surface area contributed by atoms with Crippen LogP contribution in [0.4, 0.5) is 5.69 Å². The summed E-state index contributed by atoms with van der Waals surface area (Å²) >= 11 is 0. The van der Waals surface area contributed by atoms with Gasteiger partial charge in [-0.15, -0.1) is 0 Å². The summed E-state index contributed by atoms with van der Waals surface area (Å²) in [7, 11) is -3.54. The molecule has 0 bridgehead atoms. The Morgan fingerprint density at radius 3 is 2.27 bits per heavy atom. The molecule has 1 atom stereocenters. The number of anilines is 1. The van der Waals surface area contributed by atoms with Crippen molar-refractivity contribution in [3.8, 4) is 17.3 Å². The zero-order valence-corrected chi connectivity index (χ0v) is 15.1. The first-order valence-electron chi connectivity index (χ1n) is 8.69.